The van der Waals surface area contributed by atoms with Gasteiger partial charge in [0.2, 0.25) is 0 Å². The Kier molecular flexibility index (Phi) is 2.38. The van der Waals surface area contributed by atoms with E-state index in [4.69, 9.17) is 0 Å². The Labute approximate surface area is 77.1 Å². The SMILES string of the molecule is C=CC1CC(C)(C)CC(C)(C)C1. The summed E-state index contributed by atoms with van der Waals surface area (Å²) >= 11 is 0. The molecule has 1 rings (SSSR count). The maximum absolute atomic E-state index is 3.92. The average molecular weight is 166 g/mol. The van der Waals surface area contributed by atoms with Gasteiger partial charge in [0, 0.05) is 0 Å². The molecule has 0 atom stereocenters. The molecule has 0 N–H and O–H groups in total. The van der Waals surface area contributed by atoms with Crippen LogP contribution >= 0.6 is 0 Å². The van der Waals surface area contributed by atoms with Crippen LogP contribution in [0, 0.1) is 16.7 Å². The van der Waals surface area contributed by atoms with Gasteiger partial charge < -0.3 is 0 Å². The van der Waals surface area contributed by atoms with E-state index in [2.05, 4.69) is 40.3 Å². The maximum atomic E-state index is 3.92. The van der Waals surface area contributed by atoms with E-state index in [1.165, 1.54) is 19.3 Å². The minimum Gasteiger partial charge on any atom is -0.103 e. The summed E-state index contributed by atoms with van der Waals surface area (Å²) in [6.07, 6.45) is 6.13. The summed E-state index contributed by atoms with van der Waals surface area (Å²) in [4.78, 5) is 0. The molecule has 0 radical (unpaired) electrons. The van der Waals surface area contributed by atoms with Gasteiger partial charge in [-0.15, -0.1) is 6.58 Å². The molecule has 0 aromatic heterocycles. The molecular weight excluding hydrogens is 144 g/mol. The smallest absolute Gasteiger partial charge is 0.0226 e. The monoisotopic (exact) mass is 166 g/mol. The van der Waals surface area contributed by atoms with E-state index >= 15 is 0 Å². The standard InChI is InChI=1S/C12H22/c1-6-10-7-11(2,3)9-12(4,5)8-10/h6,10H,1,7-9H2,2-5H3. The van der Waals surface area contributed by atoms with Crippen LogP contribution in [0.4, 0.5) is 0 Å². The van der Waals surface area contributed by atoms with E-state index in [1.807, 2.05) is 0 Å². The summed E-state index contributed by atoms with van der Waals surface area (Å²) in [5, 5.41) is 0. The zero-order valence-corrected chi connectivity index (χ0v) is 8.98. The highest BCUT2D eigenvalue weighted by Crippen LogP contribution is 2.48. The Balaban J connectivity index is 2.72. The molecule has 0 bridgehead atoms. The molecule has 0 aliphatic heterocycles. The van der Waals surface area contributed by atoms with Gasteiger partial charge in [0.1, 0.15) is 0 Å². The third-order valence-corrected chi connectivity index (χ3v) is 2.92. The van der Waals surface area contributed by atoms with Gasteiger partial charge in [0.25, 0.3) is 0 Å². The van der Waals surface area contributed by atoms with Crippen LogP contribution in [0.1, 0.15) is 47.0 Å². The molecule has 1 saturated carbocycles. The van der Waals surface area contributed by atoms with Crippen LogP contribution in [0.5, 0.6) is 0 Å². The summed E-state index contributed by atoms with van der Waals surface area (Å²) in [6.45, 7) is 13.4. The van der Waals surface area contributed by atoms with Crippen molar-refractivity contribution in [1.29, 1.82) is 0 Å². The van der Waals surface area contributed by atoms with Crippen molar-refractivity contribution in [3.05, 3.63) is 12.7 Å². The first-order valence-electron chi connectivity index (χ1n) is 4.97. The van der Waals surface area contributed by atoms with E-state index < -0.39 is 0 Å². The Morgan fingerprint density at radius 2 is 1.50 bits per heavy atom. The fourth-order valence-corrected chi connectivity index (χ4v) is 3.10. The highest BCUT2D eigenvalue weighted by Gasteiger charge is 2.36. The van der Waals surface area contributed by atoms with Crippen LogP contribution in [-0.4, -0.2) is 0 Å². The molecule has 0 unspecified atom stereocenters. The van der Waals surface area contributed by atoms with Crippen LogP contribution in [0.15, 0.2) is 12.7 Å². The van der Waals surface area contributed by atoms with Crippen molar-refractivity contribution in [1.82, 2.24) is 0 Å². The lowest BCUT2D eigenvalue weighted by atomic mass is 9.61. The number of rotatable bonds is 1. The highest BCUT2D eigenvalue weighted by atomic mass is 14.4. The fourth-order valence-electron chi connectivity index (χ4n) is 3.10. The zero-order valence-electron chi connectivity index (χ0n) is 8.98. The molecule has 0 nitrogen and oxygen atoms in total. The summed E-state index contributed by atoms with van der Waals surface area (Å²) in [7, 11) is 0. The zero-order chi connectivity index (χ0) is 9.41. The second kappa shape index (κ2) is 2.90. The second-order valence-corrected chi connectivity index (χ2v) is 5.91. The molecule has 12 heavy (non-hydrogen) atoms. The van der Waals surface area contributed by atoms with Crippen LogP contribution in [0.2, 0.25) is 0 Å². The molecule has 1 aliphatic rings. The Hall–Kier alpha value is -0.260. The fraction of sp³-hybridized carbons (Fsp3) is 0.833. The van der Waals surface area contributed by atoms with Crippen molar-refractivity contribution in [3.8, 4) is 0 Å². The summed E-state index contributed by atoms with van der Waals surface area (Å²) in [5.41, 5.74) is 1.03. The Bertz CT molecular complexity index is 158. The first kappa shape index (κ1) is 9.83. The quantitative estimate of drug-likeness (QED) is 0.516. The highest BCUT2D eigenvalue weighted by molar-refractivity contribution is 4.94. The van der Waals surface area contributed by atoms with Crippen LogP contribution < -0.4 is 0 Å². The number of hydrogen-bond acceptors (Lipinski definition) is 0. The molecule has 1 aliphatic carbocycles. The molecule has 0 heteroatoms. The largest absolute Gasteiger partial charge is 0.103 e. The van der Waals surface area contributed by atoms with E-state index in [9.17, 15) is 0 Å². The lowest BCUT2D eigenvalue weighted by Crippen LogP contribution is -2.33. The summed E-state index contributed by atoms with van der Waals surface area (Å²) in [5.74, 6) is 0.740. The van der Waals surface area contributed by atoms with Gasteiger partial charge >= 0.3 is 0 Å². The second-order valence-electron chi connectivity index (χ2n) is 5.91. The molecule has 70 valence electrons. The van der Waals surface area contributed by atoms with Crippen LogP contribution in [0.3, 0.4) is 0 Å². The lowest BCUT2D eigenvalue weighted by molar-refractivity contribution is 0.0863. The van der Waals surface area contributed by atoms with Crippen molar-refractivity contribution in [2.24, 2.45) is 16.7 Å². The summed E-state index contributed by atoms with van der Waals surface area (Å²) in [6, 6.07) is 0. The van der Waals surface area contributed by atoms with Gasteiger partial charge in [-0.3, -0.25) is 0 Å². The maximum Gasteiger partial charge on any atom is -0.0226 e. The predicted molar refractivity (Wildman–Crippen MR) is 55.1 cm³/mol. The molecule has 0 amide bonds. The minimum absolute atomic E-state index is 0.514. The third kappa shape index (κ3) is 2.36. The van der Waals surface area contributed by atoms with Gasteiger partial charge in [0.05, 0.1) is 0 Å². The molecule has 0 aromatic carbocycles. The molecule has 0 aromatic rings. The predicted octanol–water partition coefficient (Wildman–Crippen LogP) is 4.02. The van der Waals surface area contributed by atoms with Gasteiger partial charge in [-0.2, -0.15) is 0 Å². The molecule has 1 fully saturated rings. The van der Waals surface area contributed by atoms with Crippen LogP contribution in [0.25, 0.3) is 0 Å². The van der Waals surface area contributed by atoms with Crippen molar-refractivity contribution in [2.75, 3.05) is 0 Å². The number of hydrogen-bond donors (Lipinski definition) is 0. The van der Waals surface area contributed by atoms with E-state index in [-0.39, 0.29) is 0 Å². The Morgan fingerprint density at radius 1 is 1.08 bits per heavy atom. The normalized spacial score (nSPS) is 28.3. The molecular formula is C12H22. The van der Waals surface area contributed by atoms with Gasteiger partial charge in [-0.05, 0) is 36.0 Å². The third-order valence-electron chi connectivity index (χ3n) is 2.92. The van der Waals surface area contributed by atoms with E-state index in [0.717, 1.165) is 5.92 Å². The number of allylic oxidation sites excluding steroid dienone is 1. The van der Waals surface area contributed by atoms with Gasteiger partial charge in [-0.1, -0.05) is 33.8 Å². The first-order chi connectivity index (χ1) is 5.35. The van der Waals surface area contributed by atoms with E-state index in [1.54, 1.807) is 0 Å². The van der Waals surface area contributed by atoms with Gasteiger partial charge in [0.15, 0.2) is 0 Å². The van der Waals surface area contributed by atoms with Crippen molar-refractivity contribution < 1.29 is 0 Å². The Morgan fingerprint density at radius 3 is 1.83 bits per heavy atom. The summed E-state index contributed by atoms with van der Waals surface area (Å²) < 4.78 is 0. The first-order valence-corrected chi connectivity index (χ1v) is 4.97. The topological polar surface area (TPSA) is 0 Å². The van der Waals surface area contributed by atoms with Crippen LogP contribution in [-0.2, 0) is 0 Å². The lowest BCUT2D eigenvalue weighted by Gasteiger charge is -2.44. The van der Waals surface area contributed by atoms with E-state index in [0.29, 0.717) is 10.8 Å². The molecule has 0 spiro atoms. The molecule has 0 saturated heterocycles. The average Bonchev–Trinajstić information content (AvgIpc) is 1.80. The van der Waals surface area contributed by atoms with Crippen molar-refractivity contribution >= 4 is 0 Å². The minimum atomic E-state index is 0.514. The van der Waals surface area contributed by atoms with Crippen molar-refractivity contribution in [2.45, 2.75) is 47.0 Å². The van der Waals surface area contributed by atoms with Gasteiger partial charge in [-0.25, -0.2) is 0 Å². The molecule has 0 heterocycles. The van der Waals surface area contributed by atoms with Crippen molar-refractivity contribution in [3.63, 3.8) is 0 Å².